The smallest absolute Gasteiger partial charge is 0.241 e. The largest absolute Gasteiger partial charge is 0.490 e. The molecule has 5 heteroatoms. The summed E-state index contributed by atoms with van der Waals surface area (Å²) in [5.74, 6) is 0.854. The van der Waals surface area contributed by atoms with Crippen molar-refractivity contribution in [2.24, 2.45) is 5.73 Å². The van der Waals surface area contributed by atoms with Gasteiger partial charge in [0.25, 0.3) is 0 Å². The molecule has 1 atom stereocenters. The highest BCUT2D eigenvalue weighted by Gasteiger charge is 2.27. The van der Waals surface area contributed by atoms with Crippen LogP contribution in [0, 0.1) is 6.92 Å². The molecule has 1 aromatic carbocycles. The zero-order valence-electron chi connectivity index (χ0n) is 12.7. The Morgan fingerprint density at radius 1 is 1.33 bits per heavy atom. The van der Waals surface area contributed by atoms with Crippen LogP contribution >= 0.6 is 0 Å². The van der Waals surface area contributed by atoms with E-state index < -0.39 is 6.04 Å². The van der Waals surface area contributed by atoms with Gasteiger partial charge in [0.05, 0.1) is 6.61 Å². The van der Waals surface area contributed by atoms with Crippen LogP contribution in [0.15, 0.2) is 24.3 Å². The Bertz CT molecular complexity index is 453. The molecule has 2 N–H and O–H groups in total. The van der Waals surface area contributed by atoms with Crippen molar-refractivity contribution in [3.63, 3.8) is 0 Å². The predicted molar refractivity (Wildman–Crippen MR) is 81.3 cm³/mol. The monoisotopic (exact) mass is 292 g/mol. The third-order valence-corrected chi connectivity index (χ3v) is 3.74. The Morgan fingerprint density at radius 3 is 2.52 bits per heavy atom. The van der Waals surface area contributed by atoms with Crippen LogP contribution in [0.25, 0.3) is 0 Å². The first-order valence-electron chi connectivity index (χ1n) is 7.37. The van der Waals surface area contributed by atoms with E-state index >= 15 is 0 Å². The molecule has 1 aliphatic heterocycles. The minimum absolute atomic E-state index is 0.0364. The summed E-state index contributed by atoms with van der Waals surface area (Å²) in [5.41, 5.74) is 7.00. The van der Waals surface area contributed by atoms with Gasteiger partial charge in [0.1, 0.15) is 17.9 Å². The number of carbonyl (C=O) groups is 1. The van der Waals surface area contributed by atoms with Gasteiger partial charge in [0.15, 0.2) is 0 Å². The number of methoxy groups -OCH3 is 1. The zero-order valence-corrected chi connectivity index (χ0v) is 12.7. The van der Waals surface area contributed by atoms with E-state index in [9.17, 15) is 4.79 Å². The summed E-state index contributed by atoms with van der Waals surface area (Å²) in [7, 11) is 1.55. The summed E-state index contributed by atoms with van der Waals surface area (Å²) in [4.78, 5) is 13.9. The van der Waals surface area contributed by atoms with Crippen molar-refractivity contribution in [2.45, 2.75) is 31.9 Å². The van der Waals surface area contributed by atoms with Crippen LogP contribution in [-0.4, -0.2) is 49.8 Å². The fraction of sp³-hybridized carbons (Fsp3) is 0.562. The molecule has 0 aliphatic carbocycles. The van der Waals surface area contributed by atoms with Crippen LogP contribution in [0.2, 0.25) is 0 Å². The lowest BCUT2D eigenvalue weighted by Gasteiger charge is -2.33. The summed E-state index contributed by atoms with van der Waals surface area (Å²) in [6.45, 7) is 3.69. The maximum Gasteiger partial charge on any atom is 0.241 e. The maximum atomic E-state index is 12.1. The standard InChI is InChI=1S/C16H24N2O3/c1-12-3-5-13(6-4-12)21-14-7-9-18(10-8-14)16(19)15(17)11-20-2/h3-6,14-15H,7-11,17H2,1-2H3/t15-/m1/s1. The number of ether oxygens (including phenoxy) is 2. The van der Waals surface area contributed by atoms with Gasteiger partial charge in [-0.3, -0.25) is 4.79 Å². The second-order valence-corrected chi connectivity index (χ2v) is 5.52. The second-order valence-electron chi connectivity index (χ2n) is 5.52. The van der Waals surface area contributed by atoms with Gasteiger partial charge in [-0.25, -0.2) is 0 Å². The molecular formula is C16H24N2O3. The molecule has 5 nitrogen and oxygen atoms in total. The van der Waals surface area contributed by atoms with Gasteiger partial charge in [-0.05, 0) is 19.1 Å². The summed E-state index contributed by atoms with van der Waals surface area (Å²) in [6, 6.07) is 7.49. The van der Waals surface area contributed by atoms with Crippen LogP contribution in [-0.2, 0) is 9.53 Å². The van der Waals surface area contributed by atoms with E-state index in [0.29, 0.717) is 13.1 Å². The van der Waals surface area contributed by atoms with E-state index in [4.69, 9.17) is 15.2 Å². The molecule has 1 amide bonds. The maximum absolute atomic E-state index is 12.1. The molecule has 0 radical (unpaired) electrons. The van der Waals surface area contributed by atoms with Crippen LogP contribution < -0.4 is 10.5 Å². The molecule has 0 bridgehead atoms. The molecule has 21 heavy (non-hydrogen) atoms. The summed E-state index contributed by atoms with van der Waals surface area (Å²) in [6.07, 6.45) is 1.83. The highest BCUT2D eigenvalue weighted by Crippen LogP contribution is 2.19. The van der Waals surface area contributed by atoms with Crippen LogP contribution in [0.3, 0.4) is 0 Å². The van der Waals surface area contributed by atoms with Gasteiger partial charge in [0, 0.05) is 33.0 Å². The molecule has 0 saturated carbocycles. The van der Waals surface area contributed by atoms with E-state index in [1.165, 1.54) is 5.56 Å². The van der Waals surface area contributed by atoms with Crippen molar-refractivity contribution in [3.8, 4) is 5.75 Å². The van der Waals surface area contributed by atoms with E-state index in [1.807, 2.05) is 24.3 Å². The highest BCUT2D eigenvalue weighted by atomic mass is 16.5. The zero-order chi connectivity index (χ0) is 15.2. The molecular weight excluding hydrogens is 268 g/mol. The number of amides is 1. The third kappa shape index (κ3) is 4.44. The Balaban J connectivity index is 1.80. The summed E-state index contributed by atoms with van der Waals surface area (Å²) in [5, 5.41) is 0. The van der Waals surface area contributed by atoms with E-state index in [1.54, 1.807) is 12.0 Å². The molecule has 116 valence electrons. The van der Waals surface area contributed by atoms with Gasteiger partial charge in [0.2, 0.25) is 5.91 Å². The molecule has 0 unspecified atom stereocenters. The third-order valence-electron chi connectivity index (χ3n) is 3.74. The highest BCUT2D eigenvalue weighted by molar-refractivity contribution is 5.81. The summed E-state index contributed by atoms with van der Waals surface area (Å²) < 4.78 is 10.9. The molecule has 1 fully saturated rings. The number of piperidine rings is 1. The minimum atomic E-state index is -0.565. The fourth-order valence-electron chi connectivity index (χ4n) is 2.49. The number of nitrogens with zero attached hydrogens (tertiary/aromatic N) is 1. The SMILES string of the molecule is COC[C@@H](N)C(=O)N1CCC(Oc2ccc(C)cc2)CC1. The average molecular weight is 292 g/mol. The molecule has 1 saturated heterocycles. The first-order chi connectivity index (χ1) is 10.1. The Labute approximate surface area is 126 Å². The van der Waals surface area contributed by atoms with Crippen molar-refractivity contribution in [3.05, 3.63) is 29.8 Å². The number of aryl methyl sites for hydroxylation is 1. The molecule has 0 spiro atoms. The Kier molecular flexibility index (Phi) is 5.59. The normalized spacial score (nSPS) is 17.6. The van der Waals surface area contributed by atoms with E-state index in [0.717, 1.165) is 18.6 Å². The van der Waals surface area contributed by atoms with Crippen molar-refractivity contribution in [1.29, 1.82) is 0 Å². The number of hydrogen-bond donors (Lipinski definition) is 1. The predicted octanol–water partition coefficient (Wildman–Crippen LogP) is 1.34. The molecule has 0 aromatic heterocycles. The quantitative estimate of drug-likeness (QED) is 0.889. The lowest BCUT2D eigenvalue weighted by Crippen LogP contribution is -2.50. The first-order valence-corrected chi connectivity index (χ1v) is 7.37. The van der Waals surface area contributed by atoms with Crippen molar-refractivity contribution in [1.82, 2.24) is 4.90 Å². The number of benzene rings is 1. The topological polar surface area (TPSA) is 64.8 Å². The number of nitrogens with two attached hydrogens (primary N) is 1. The first kappa shape index (κ1) is 15.8. The van der Waals surface area contributed by atoms with Crippen molar-refractivity contribution < 1.29 is 14.3 Å². The number of likely N-dealkylation sites (tertiary alicyclic amines) is 1. The number of hydrogen-bond acceptors (Lipinski definition) is 4. The molecule has 1 heterocycles. The van der Waals surface area contributed by atoms with Crippen molar-refractivity contribution in [2.75, 3.05) is 26.8 Å². The number of rotatable bonds is 5. The minimum Gasteiger partial charge on any atom is -0.490 e. The molecule has 2 rings (SSSR count). The Hall–Kier alpha value is -1.59. The average Bonchev–Trinajstić information content (AvgIpc) is 2.50. The second kappa shape index (κ2) is 7.43. The molecule has 1 aliphatic rings. The lowest BCUT2D eigenvalue weighted by atomic mass is 10.1. The van der Waals surface area contributed by atoms with Crippen molar-refractivity contribution >= 4 is 5.91 Å². The summed E-state index contributed by atoms with van der Waals surface area (Å²) >= 11 is 0. The van der Waals surface area contributed by atoms with Crippen LogP contribution in [0.1, 0.15) is 18.4 Å². The fourth-order valence-corrected chi connectivity index (χ4v) is 2.49. The Morgan fingerprint density at radius 2 is 1.95 bits per heavy atom. The van der Waals surface area contributed by atoms with Gasteiger partial charge in [-0.1, -0.05) is 17.7 Å². The van der Waals surface area contributed by atoms with Gasteiger partial charge in [-0.15, -0.1) is 0 Å². The van der Waals surface area contributed by atoms with E-state index in [-0.39, 0.29) is 18.6 Å². The lowest BCUT2D eigenvalue weighted by molar-refractivity contribution is -0.135. The van der Waals surface area contributed by atoms with Gasteiger partial charge in [-0.2, -0.15) is 0 Å². The van der Waals surface area contributed by atoms with Gasteiger partial charge < -0.3 is 20.1 Å². The molecule has 1 aromatic rings. The van der Waals surface area contributed by atoms with Crippen LogP contribution in [0.5, 0.6) is 5.75 Å². The van der Waals surface area contributed by atoms with Crippen LogP contribution in [0.4, 0.5) is 0 Å². The van der Waals surface area contributed by atoms with Gasteiger partial charge >= 0.3 is 0 Å². The number of carbonyl (C=O) groups excluding carboxylic acids is 1. The van der Waals surface area contributed by atoms with E-state index in [2.05, 4.69) is 6.92 Å².